The van der Waals surface area contributed by atoms with E-state index < -0.39 is 10.0 Å². The van der Waals surface area contributed by atoms with Crippen LogP contribution in [0.25, 0.3) is 22.3 Å². The van der Waals surface area contributed by atoms with Gasteiger partial charge in [-0.2, -0.15) is 5.10 Å². The number of piperidine rings is 1. The fraction of sp³-hybridized carbons (Fsp3) is 0.240. The van der Waals surface area contributed by atoms with Crippen LogP contribution in [0.4, 0.5) is 5.82 Å². The summed E-state index contributed by atoms with van der Waals surface area (Å²) in [7, 11) is -3.72. The van der Waals surface area contributed by atoms with Gasteiger partial charge in [-0.05, 0) is 36.6 Å². The van der Waals surface area contributed by atoms with Crippen molar-refractivity contribution in [3.8, 4) is 11.3 Å². The molecule has 1 aliphatic rings. The van der Waals surface area contributed by atoms with Crippen LogP contribution in [-0.2, 0) is 21.4 Å². The lowest BCUT2D eigenvalue weighted by molar-refractivity contribution is -0.127. The number of anilines is 1. The van der Waals surface area contributed by atoms with Crippen LogP contribution >= 0.6 is 0 Å². The van der Waals surface area contributed by atoms with E-state index in [4.69, 9.17) is 10.8 Å². The Hall–Kier alpha value is -4.16. The largest absolute Gasteiger partial charge is 0.383 e. The van der Waals surface area contributed by atoms with Crippen molar-refractivity contribution in [2.24, 2.45) is 0 Å². The molecule has 1 fully saturated rings. The van der Waals surface area contributed by atoms with Crippen molar-refractivity contribution in [2.45, 2.75) is 30.5 Å². The van der Waals surface area contributed by atoms with Crippen molar-refractivity contribution < 1.29 is 13.2 Å². The molecule has 1 aliphatic heterocycles. The van der Waals surface area contributed by atoms with Crippen LogP contribution in [0.1, 0.15) is 24.4 Å². The summed E-state index contributed by atoms with van der Waals surface area (Å²) >= 11 is 0. The number of carbonyl (C=O) groups excluding carboxylic acids is 1. The van der Waals surface area contributed by atoms with Crippen LogP contribution in [0.5, 0.6) is 0 Å². The Morgan fingerprint density at radius 2 is 1.97 bits per heavy atom. The summed E-state index contributed by atoms with van der Waals surface area (Å²) < 4.78 is 29.3. The van der Waals surface area contributed by atoms with Gasteiger partial charge in [0.1, 0.15) is 17.8 Å². The number of hydrogen-bond donors (Lipinski definition) is 2. The highest BCUT2D eigenvalue weighted by molar-refractivity contribution is 7.89. The molecule has 0 aliphatic carbocycles. The zero-order valence-corrected chi connectivity index (χ0v) is 20.8. The van der Waals surface area contributed by atoms with Gasteiger partial charge in [0.05, 0.1) is 11.4 Å². The minimum absolute atomic E-state index is 0.0322. The number of carbonyl (C=O) groups is 1. The second-order valence-electron chi connectivity index (χ2n) is 8.72. The van der Waals surface area contributed by atoms with Gasteiger partial charge in [-0.15, -0.1) is 0 Å². The molecule has 0 radical (unpaired) electrons. The first kappa shape index (κ1) is 24.5. The molecule has 3 aromatic heterocycles. The molecule has 12 heteroatoms. The molecule has 0 spiro atoms. The zero-order chi connectivity index (χ0) is 26.0. The highest BCUT2D eigenvalue weighted by Gasteiger charge is 2.28. The molecule has 1 atom stereocenters. The smallest absolute Gasteiger partial charge is 0.258 e. The van der Waals surface area contributed by atoms with Gasteiger partial charge in [-0.1, -0.05) is 36.9 Å². The molecule has 0 saturated carbocycles. The van der Waals surface area contributed by atoms with Gasteiger partial charge in [0.2, 0.25) is 5.91 Å². The van der Waals surface area contributed by atoms with Gasteiger partial charge >= 0.3 is 0 Å². The third kappa shape index (κ3) is 4.93. The fourth-order valence-electron chi connectivity index (χ4n) is 4.47. The molecule has 190 valence electrons. The Kier molecular flexibility index (Phi) is 6.68. The van der Waals surface area contributed by atoms with Gasteiger partial charge in [0.15, 0.2) is 10.7 Å². The Balaban J connectivity index is 1.42. The highest BCUT2D eigenvalue weighted by Crippen LogP contribution is 2.33. The normalized spacial score (nSPS) is 16.1. The number of aromatic nitrogens is 5. The molecular formula is C25H26N8O3S. The number of fused-ring (bicyclic) bond motifs is 1. The second-order valence-corrected chi connectivity index (χ2v) is 10.4. The lowest BCUT2D eigenvalue weighted by atomic mass is 10.1. The number of benzene rings is 1. The van der Waals surface area contributed by atoms with E-state index in [1.54, 1.807) is 17.0 Å². The average molecular weight is 519 g/mol. The second kappa shape index (κ2) is 10.1. The highest BCUT2D eigenvalue weighted by atomic mass is 32.2. The van der Waals surface area contributed by atoms with Crippen LogP contribution in [0.15, 0.2) is 72.7 Å². The SMILES string of the molecule is C=CC(=O)N1CCC[C@@H](n2nc(-c3ccc(CNS(=O)(=O)c4ccccn4)cc3)c3c(N)ncnc32)C1. The van der Waals surface area contributed by atoms with Gasteiger partial charge < -0.3 is 10.6 Å². The first-order valence-electron chi connectivity index (χ1n) is 11.8. The summed E-state index contributed by atoms with van der Waals surface area (Å²) in [6.45, 7) is 4.88. The minimum atomic E-state index is -3.72. The maximum Gasteiger partial charge on any atom is 0.258 e. The molecule has 1 saturated heterocycles. The van der Waals surface area contributed by atoms with E-state index in [1.165, 1.54) is 24.7 Å². The van der Waals surface area contributed by atoms with Crippen LogP contribution in [0, 0.1) is 0 Å². The van der Waals surface area contributed by atoms with E-state index in [1.807, 2.05) is 28.9 Å². The van der Waals surface area contributed by atoms with E-state index in [0.29, 0.717) is 35.6 Å². The van der Waals surface area contributed by atoms with Crippen molar-refractivity contribution in [3.05, 3.63) is 73.2 Å². The van der Waals surface area contributed by atoms with Gasteiger partial charge in [0, 0.05) is 31.4 Å². The molecule has 5 rings (SSSR count). The number of nitrogens with zero attached hydrogens (tertiary/aromatic N) is 6. The first-order valence-corrected chi connectivity index (χ1v) is 13.3. The van der Waals surface area contributed by atoms with Crippen molar-refractivity contribution in [1.29, 1.82) is 0 Å². The van der Waals surface area contributed by atoms with Crippen LogP contribution in [-0.4, -0.2) is 57.0 Å². The molecule has 4 heterocycles. The summed E-state index contributed by atoms with van der Waals surface area (Å²) in [6, 6.07) is 12.0. The molecule has 11 nitrogen and oxygen atoms in total. The minimum Gasteiger partial charge on any atom is -0.383 e. The number of nitrogens with two attached hydrogens (primary N) is 1. The van der Waals surface area contributed by atoms with E-state index in [2.05, 4.69) is 26.3 Å². The number of hydrogen-bond acceptors (Lipinski definition) is 8. The number of amides is 1. The predicted octanol–water partition coefficient (Wildman–Crippen LogP) is 2.30. The Labute approximate surface area is 214 Å². The van der Waals surface area contributed by atoms with Gasteiger partial charge in [-0.25, -0.2) is 32.8 Å². The number of sulfonamides is 1. The zero-order valence-electron chi connectivity index (χ0n) is 20.0. The molecule has 0 unspecified atom stereocenters. The van der Waals surface area contributed by atoms with Crippen molar-refractivity contribution in [3.63, 3.8) is 0 Å². The summed E-state index contributed by atoms with van der Waals surface area (Å²) in [5, 5.41) is 5.47. The number of rotatable bonds is 7. The first-order chi connectivity index (χ1) is 17.9. The Morgan fingerprint density at radius 3 is 2.70 bits per heavy atom. The van der Waals surface area contributed by atoms with Crippen molar-refractivity contribution in [2.75, 3.05) is 18.8 Å². The summed E-state index contributed by atoms with van der Waals surface area (Å²) in [5.74, 6) is 0.207. The quantitative estimate of drug-likeness (QED) is 0.354. The number of nitrogens with one attached hydrogen (secondary N) is 1. The Morgan fingerprint density at radius 1 is 1.16 bits per heavy atom. The molecule has 4 aromatic rings. The third-order valence-corrected chi connectivity index (χ3v) is 7.67. The molecular weight excluding hydrogens is 492 g/mol. The Bertz CT molecular complexity index is 1550. The number of pyridine rings is 1. The lowest BCUT2D eigenvalue weighted by Crippen LogP contribution is -2.40. The number of nitrogen functional groups attached to an aromatic ring is 1. The van der Waals surface area contributed by atoms with Gasteiger partial charge in [-0.3, -0.25) is 4.79 Å². The lowest BCUT2D eigenvalue weighted by Gasteiger charge is -2.32. The van der Waals surface area contributed by atoms with Gasteiger partial charge in [0.25, 0.3) is 10.0 Å². The third-order valence-electron chi connectivity index (χ3n) is 6.35. The fourth-order valence-corrected chi connectivity index (χ4v) is 5.44. The van der Waals surface area contributed by atoms with Crippen LogP contribution in [0.2, 0.25) is 0 Å². The molecule has 1 aromatic carbocycles. The van der Waals surface area contributed by atoms with Crippen LogP contribution in [0.3, 0.4) is 0 Å². The van der Waals surface area contributed by atoms with E-state index >= 15 is 0 Å². The summed E-state index contributed by atoms with van der Waals surface area (Å²) in [5.41, 5.74) is 9.03. The topological polar surface area (TPSA) is 149 Å². The van der Waals surface area contributed by atoms with E-state index in [-0.39, 0.29) is 23.5 Å². The van der Waals surface area contributed by atoms with Crippen LogP contribution < -0.4 is 10.5 Å². The van der Waals surface area contributed by atoms with E-state index in [9.17, 15) is 13.2 Å². The standard InChI is InChI=1S/C25H26N8O3S/c1-2-21(34)32-13-5-6-19(15-32)33-25-22(24(26)28-16-29-25)23(31-33)18-10-8-17(9-11-18)14-30-37(35,36)20-7-3-4-12-27-20/h2-4,7-12,16,19,30H,1,5-6,13-15H2,(H2,26,28,29)/t19-/m1/s1. The average Bonchev–Trinajstić information content (AvgIpc) is 3.33. The maximum absolute atomic E-state index is 12.5. The maximum atomic E-state index is 12.5. The van der Waals surface area contributed by atoms with Crippen molar-refractivity contribution in [1.82, 2.24) is 34.4 Å². The monoisotopic (exact) mass is 518 g/mol. The molecule has 1 amide bonds. The number of likely N-dealkylation sites (tertiary alicyclic amines) is 1. The molecule has 3 N–H and O–H groups in total. The molecule has 0 bridgehead atoms. The summed E-state index contributed by atoms with van der Waals surface area (Å²) in [6.07, 6.45) is 5.85. The summed E-state index contributed by atoms with van der Waals surface area (Å²) in [4.78, 5) is 26.5. The predicted molar refractivity (Wildman–Crippen MR) is 138 cm³/mol. The van der Waals surface area contributed by atoms with E-state index in [0.717, 1.165) is 24.0 Å². The van der Waals surface area contributed by atoms with Crippen molar-refractivity contribution >= 4 is 32.8 Å². The molecule has 37 heavy (non-hydrogen) atoms.